The van der Waals surface area contributed by atoms with Crippen LogP contribution in [0.3, 0.4) is 0 Å². The summed E-state index contributed by atoms with van der Waals surface area (Å²) in [7, 11) is 0. The Bertz CT molecular complexity index is 862. The molecule has 5 nitrogen and oxygen atoms in total. The van der Waals surface area contributed by atoms with Crippen LogP contribution in [0.2, 0.25) is 0 Å². The highest BCUT2D eigenvalue weighted by atomic mass is 32.1. The van der Waals surface area contributed by atoms with Crippen LogP contribution in [-0.4, -0.2) is 40.0 Å². The molecule has 2 amide bonds. The van der Waals surface area contributed by atoms with Crippen LogP contribution < -0.4 is 5.32 Å². The van der Waals surface area contributed by atoms with Gasteiger partial charge in [0.25, 0.3) is 5.91 Å². The van der Waals surface area contributed by atoms with Crippen LogP contribution >= 0.6 is 11.3 Å². The molecule has 4 rings (SSSR count). The van der Waals surface area contributed by atoms with E-state index in [0.717, 1.165) is 17.7 Å². The molecule has 28 heavy (non-hydrogen) atoms. The Hall–Kier alpha value is -2.25. The van der Waals surface area contributed by atoms with Gasteiger partial charge in [0.2, 0.25) is 5.91 Å². The standard InChI is InChI=1S/C21H23FN2O3S/c1-21(27)10-11-24(20(26)14-4-5-14)17(16-3-2-12-28-16)18(21)23-19(25)13-6-8-15(22)9-7-13/h2-3,6-9,12,14,17-18,27H,4-5,10-11H2,1H3,(H,23,25). The zero-order chi connectivity index (χ0) is 19.9. The second-order valence-electron chi connectivity index (χ2n) is 7.83. The monoisotopic (exact) mass is 402 g/mol. The molecular weight excluding hydrogens is 379 g/mol. The number of amides is 2. The average Bonchev–Trinajstić information content (AvgIpc) is 3.38. The summed E-state index contributed by atoms with van der Waals surface area (Å²) >= 11 is 1.51. The topological polar surface area (TPSA) is 69.6 Å². The van der Waals surface area contributed by atoms with Gasteiger partial charge < -0.3 is 15.3 Å². The Balaban J connectivity index is 1.66. The average molecular weight is 402 g/mol. The van der Waals surface area contributed by atoms with Gasteiger partial charge in [0.15, 0.2) is 0 Å². The summed E-state index contributed by atoms with van der Waals surface area (Å²) in [6.45, 7) is 2.15. The molecule has 0 spiro atoms. The number of benzene rings is 1. The maximum Gasteiger partial charge on any atom is 0.251 e. The fourth-order valence-electron chi connectivity index (χ4n) is 3.81. The number of thiophene rings is 1. The second kappa shape index (κ2) is 7.29. The number of hydrogen-bond acceptors (Lipinski definition) is 4. The molecule has 2 aliphatic rings. The summed E-state index contributed by atoms with van der Waals surface area (Å²) in [6.07, 6.45) is 2.17. The second-order valence-corrected chi connectivity index (χ2v) is 8.81. The molecule has 148 valence electrons. The third-order valence-corrected chi connectivity index (χ3v) is 6.56. The van der Waals surface area contributed by atoms with Crippen molar-refractivity contribution < 1.29 is 19.1 Å². The Morgan fingerprint density at radius 3 is 2.57 bits per heavy atom. The van der Waals surface area contributed by atoms with E-state index in [9.17, 15) is 19.1 Å². The Labute approximate surface area is 167 Å². The lowest BCUT2D eigenvalue weighted by atomic mass is 9.81. The van der Waals surface area contributed by atoms with E-state index in [0.29, 0.717) is 18.5 Å². The van der Waals surface area contributed by atoms with Crippen molar-refractivity contribution in [3.05, 3.63) is 58.0 Å². The van der Waals surface area contributed by atoms with E-state index in [1.54, 1.807) is 6.92 Å². The van der Waals surface area contributed by atoms with Crippen LogP contribution in [-0.2, 0) is 4.79 Å². The number of nitrogens with zero attached hydrogens (tertiary/aromatic N) is 1. The molecule has 2 N–H and O–H groups in total. The van der Waals surface area contributed by atoms with Crippen molar-refractivity contribution in [1.29, 1.82) is 0 Å². The summed E-state index contributed by atoms with van der Waals surface area (Å²) in [5, 5.41) is 15.9. The molecule has 2 fully saturated rings. The first-order valence-electron chi connectivity index (χ1n) is 9.49. The van der Waals surface area contributed by atoms with Crippen molar-refractivity contribution in [3.8, 4) is 0 Å². The number of aliphatic hydroxyl groups is 1. The Morgan fingerprint density at radius 1 is 1.25 bits per heavy atom. The quantitative estimate of drug-likeness (QED) is 0.826. The number of likely N-dealkylation sites (tertiary alicyclic amines) is 1. The van der Waals surface area contributed by atoms with Gasteiger partial charge >= 0.3 is 0 Å². The van der Waals surface area contributed by atoms with Crippen molar-refractivity contribution in [2.75, 3.05) is 6.54 Å². The van der Waals surface area contributed by atoms with Crippen molar-refractivity contribution in [3.63, 3.8) is 0 Å². The van der Waals surface area contributed by atoms with Gasteiger partial charge in [-0.3, -0.25) is 9.59 Å². The zero-order valence-electron chi connectivity index (χ0n) is 15.6. The van der Waals surface area contributed by atoms with Gasteiger partial charge in [-0.25, -0.2) is 4.39 Å². The molecule has 1 saturated heterocycles. The van der Waals surface area contributed by atoms with Gasteiger partial charge in [-0.05, 0) is 61.9 Å². The van der Waals surface area contributed by atoms with Gasteiger partial charge in [-0.15, -0.1) is 11.3 Å². The van der Waals surface area contributed by atoms with E-state index < -0.39 is 29.4 Å². The maximum atomic E-state index is 13.2. The molecule has 1 aliphatic carbocycles. The summed E-state index contributed by atoms with van der Waals surface area (Å²) in [5.74, 6) is -0.666. The molecule has 2 aromatic rings. The van der Waals surface area contributed by atoms with Crippen LogP contribution in [0.1, 0.15) is 47.5 Å². The molecule has 7 heteroatoms. The van der Waals surface area contributed by atoms with E-state index in [1.165, 1.54) is 35.6 Å². The molecule has 1 aromatic carbocycles. The van der Waals surface area contributed by atoms with Crippen LogP contribution in [0, 0.1) is 11.7 Å². The van der Waals surface area contributed by atoms with Crippen molar-refractivity contribution >= 4 is 23.2 Å². The molecule has 1 aromatic heterocycles. The van der Waals surface area contributed by atoms with Crippen molar-refractivity contribution in [2.24, 2.45) is 5.92 Å². The molecule has 1 aliphatic heterocycles. The highest BCUT2D eigenvalue weighted by Crippen LogP contribution is 2.42. The molecular formula is C21H23FN2O3S. The van der Waals surface area contributed by atoms with Crippen LogP contribution in [0.15, 0.2) is 41.8 Å². The minimum absolute atomic E-state index is 0.0546. The van der Waals surface area contributed by atoms with E-state index in [-0.39, 0.29) is 11.8 Å². The van der Waals surface area contributed by atoms with Gasteiger partial charge in [0.1, 0.15) is 5.82 Å². The minimum Gasteiger partial charge on any atom is -0.388 e. The van der Waals surface area contributed by atoms with E-state index >= 15 is 0 Å². The number of carbonyl (C=O) groups is 2. The molecule has 0 bridgehead atoms. The fraction of sp³-hybridized carbons (Fsp3) is 0.429. The van der Waals surface area contributed by atoms with E-state index in [2.05, 4.69) is 5.32 Å². The first-order valence-corrected chi connectivity index (χ1v) is 10.4. The maximum absolute atomic E-state index is 13.2. The lowest BCUT2D eigenvalue weighted by Gasteiger charge is -2.48. The zero-order valence-corrected chi connectivity index (χ0v) is 16.4. The molecule has 3 unspecified atom stereocenters. The lowest BCUT2D eigenvalue weighted by Crippen LogP contribution is -2.63. The van der Waals surface area contributed by atoms with Gasteiger partial charge in [0.05, 0.1) is 17.7 Å². The summed E-state index contributed by atoms with van der Waals surface area (Å²) < 4.78 is 13.2. The molecule has 3 atom stereocenters. The van der Waals surface area contributed by atoms with Gasteiger partial charge in [-0.2, -0.15) is 0 Å². The number of carbonyl (C=O) groups excluding carboxylic acids is 2. The SMILES string of the molecule is CC1(O)CCN(C(=O)C2CC2)C(c2cccs2)C1NC(=O)c1ccc(F)cc1. The Kier molecular flexibility index (Phi) is 4.97. The molecule has 1 saturated carbocycles. The normalized spacial score (nSPS) is 27.5. The summed E-state index contributed by atoms with van der Waals surface area (Å²) in [5.41, 5.74) is -0.863. The van der Waals surface area contributed by atoms with Crippen molar-refractivity contribution in [1.82, 2.24) is 10.2 Å². The Morgan fingerprint density at radius 2 is 1.96 bits per heavy atom. The molecule has 2 heterocycles. The first-order chi connectivity index (χ1) is 13.4. The van der Waals surface area contributed by atoms with E-state index in [1.807, 2.05) is 22.4 Å². The third-order valence-electron chi connectivity index (χ3n) is 5.62. The largest absolute Gasteiger partial charge is 0.388 e. The number of hydrogen-bond donors (Lipinski definition) is 2. The van der Waals surface area contributed by atoms with Gasteiger partial charge in [-0.1, -0.05) is 6.07 Å². The summed E-state index contributed by atoms with van der Waals surface area (Å²) in [6, 6.07) is 8.02. The number of nitrogens with one attached hydrogen (secondary N) is 1. The summed E-state index contributed by atoms with van der Waals surface area (Å²) in [4.78, 5) is 28.5. The molecule has 0 radical (unpaired) electrons. The van der Waals surface area contributed by atoms with Crippen LogP contribution in [0.5, 0.6) is 0 Å². The fourth-order valence-corrected chi connectivity index (χ4v) is 4.69. The smallest absolute Gasteiger partial charge is 0.251 e. The minimum atomic E-state index is -1.18. The highest BCUT2D eigenvalue weighted by Gasteiger charge is 2.50. The third kappa shape index (κ3) is 3.69. The van der Waals surface area contributed by atoms with Crippen LogP contribution in [0.25, 0.3) is 0 Å². The number of rotatable bonds is 4. The van der Waals surface area contributed by atoms with E-state index in [4.69, 9.17) is 0 Å². The first kappa shape index (κ1) is 19.1. The predicted octanol–water partition coefficient (Wildman–Crippen LogP) is 3.12. The number of piperidine rings is 1. The highest BCUT2D eigenvalue weighted by molar-refractivity contribution is 7.10. The van der Waals surface area contributed by atoms with Crippen LogP contribution in [0.4, 0.5) is 4.39 Å². The lowest BCUT2D eigenvalue weighted by molar-refractivity contribution is -0.143. The predicted molar refractivity (Wildman–Crippen MR) is 104 cm³/mol. The van der Waals surface area contributed by atoms with Crippen molar-refractivity contribution in [2.45, 2.75) is 43.9 Å². The number of halogens is 1. The van der Waals surface area contributed by atoms with Gasteiger partial charge in [0, 0.05) is 22.9 Å².